The number of nitrogens with zero attached hydrogens (tertiary/aromatic N) is 1. The molecule has 1 unspecified atom stereocenters. The summed E-state index contributed by atoms with van der Waals surface area (Å²) in [5, 5.41) is 2.79. The monoisotopic (exact) mass is 254 g/mol. The fraction of sp³-hybridized carbons (Fsp3) is 0.364. The third-order valence-electron chi connectivity index (χ3n) is 2.99. The summed E-state index contributed by atoms with van der Waals surface area (Å²) < 4.78 is 11.8. The Bertz CT molecular complexity index is 515. The van der Waals surface area contributed by atoms with Crippen molar-refractivity contribution in [2.75, 3.05) is 18.5 Å². The van der Waals surface area contributed by atoms with Gasteiger partial charge in [-0.15, -0.1) is 0 Å². The van der Waals surface area contributed by atoms with Crippen molar-refractivity contribution in [2.45, 2.75) is 13.3 Å². The summed E-state index contributed by atoms with van der Waals surface area (Å²) >= 11 is 0. The molecule has 1 aliphatic heterocycles. The molecule has 0 fully saturated rings. The van der Waals surface area contributed by atoms with E-state index in [-0.39, 0.29) is 5.91 Å². The first-order valence-electron chi connectivity index (χ1n) is 5.39. The number of nitrogens with one attached hydrogen (secondary N) is 1. The zero-order valence-electron chi connectivity index (χ0n) is 9.80. The van der Waals surface area contributed by atoms with Crippen LogP contribution in [0.25, 0.3) is 0 Å². The first-order valence-corrected chi connectivity index (χ1v) is 7.05. The molecular formula is C11H15N2O3P. The standard InChI is InChI=1S/C11H15N2O3P/c1-8(14)13-6-5-9-7-10(3-4-11(9)13)17(15,16)12-2/h3-4,7H,5-6H2,1-2H3,(H2,12,15,16). The average Bonchev–Trinajstić information content (AvgIpc) is 2.71. The molecule has 0 saturated carbocycles. The van der Waals surface area contributed by atoms with E-state index in [0.717, 1.165) is 17.7 Å². The number of carbonyl (C=O) groups is 1. The Balaban J connectivity index is 2.42. The van der Waals surface area contributed by atoms with E-state index in [4.69, 9.17) is 0 Å². The molecule has 0 radical (unpaired) electrons. The second-order valence-electron chi connectivity index (χ2n) is 4.03. The molecular weight excluding hydrogens is 239 g/mol. The van der Waals surface area contributed by atoms with Crippen molar-refractivity contribution in [1.29, 1.82) is 0 Å². The molecule has 6 heteroatoms. The number of benzene rings is 1. The maximum Gasteiger partial charge on any atom is 0.296 e. The van der Waals surface area contributed by atoms with Crippen LogP contribution in [0.5, 0.6) is 0 Å². The molecule has 1 aromatic carbocycles. The van der Waals surface area contributed by atoms with Crippen molar-refractivity contribution >= 4 is 24.4 Å². The minimum atomic E-state index is -3.45. The highest BCUT2D eigenvalue weighted by atomic mass is 31.2. The number of anilines is 1. The van der Waals surface area contributed by atoms with E-state index < -0.39 is 7.52 Å². The molecule has 2 rings (SSSR count). The Morgan fingerprint density at radius 2 is 2.24 bits per heavy atom. The molecule has 1 amide bonds. The second kappa shape index (κ2) is 4.26. The van der Waals surface area contributed by atoms with Gasteiger partial charge in [0.15, 0.2) is 0 Å². The van der Waals surface area contributed by atoms with Crippen LogP contribution >= 0.6 is 7.52 Å². The largest absolute Gasteiger partial charge is 0.330 e. The molecule has 1 atom stereocenters. The van der Waals surface area contributed by atoms with Crippen LogP contribution in [0.4, 0.5) is 5.69 Å². The summed E-state index contributed by atoms with van der Waals surface area (Å²) in [4.78, 5) is 22.7. The predicted octanol–water partition coefficient (Wildman–Crippen LogP) is 0.626. The molecule has 1 aromatic rings. The Morgan fingerprint density at radius 1 is 1.53 bits per heavy atom. The van der Waals surface area contributed by atoms with Crippen molar-refractivity contribution in [3.63, 3.8) is 0 Å². The Morgan fingerprint density at radius 3 is 2.82 bits per heavy atom. The van der Waals surface area contributed by atoms with Crippen LogP contribution in [0.15, 0.2) is 18.2 Å². The topological polar surface area (TPSA) is 69.6 Å². The fourth-order valence-corrected chi connectivity index (χ4v) is 2.90. The fourth-order valence-electron chi connectivity index (χ4n) is 2.03. The van der Waals surface area contributed by atoms with Gasteiger partial charge >= 0.3 is 0 Å². The second-order valence-corrected chi connectivity index (χ2v) is 6.15. The predicted molar refractivity (Wildman–Crippen MR) is 66.7 cm³/mol. The van der Waals surface area contributed by atoms with Crippen LogP contribution in [0.2, 0.25) is 0 Å². The summed E-state index contributed by atoms with van der Waals surface area (Å²) in [6.45, 7) is 2.16. The summed E-state index contributed by atoms with van der Waals surface area (Å²) in [6, 6.07) is 5.03. The molecule has 92 valence electrons. The highest BCUT2D eigenvalue weighted by Gasteiger charge is 2.25. The van der Waals surface area contributed by atoms with Gasteiger partial charge in [0.2, 0.25) is 5.91 Å². The van der Waals surface area contributed by atoms with Crippen LogP contribution in [-0.4, -0.2) is 24.4 Å². The van der Waals surface area contributed by atoms with Crippen molar-refractivity contribution in [3.05, 3.63) is 23.8 Å². The minimum absolute atomic E-state index is 0.00250. The van der Waals surface area contributed by atoms with Crippen LogP contribution < -0.4 is 15.3 Å². The number of fused-ring (bicyclic) bond motifs is 1. The lowest BCUT2D eigenvalue weighted by molar-refractivity contribution is -0.116. The molecule has 1 heterocycles. The first kappa shape index (κ1) is 12.3. The normalized spacial score (nSPS) is 17.7. The lowest BCUT2D eigenvalue weighted by Crippen LogP contribution is -2.25. The van der Waals surface area contributed by atoms with Crippen molar-refractivity contribution in [2.24, 2.45) is 0 Å². The van der Waals surface area contributed by atoms with Gasteiger partial charge in [0, 0.05) is 19.2 Å². The zero-order valence-corrected chi connectivity index (χ0v) is 10.7. The smallest absolute Gasteiger partial charge is 0.296 e. The molecule has 17 heavy (non-hydrogen) atoms. The first-order chi connectivity index (χ1) is 7.95. The average molecular weight is 254 g/mol. The van der Waals surface area contributed by atoms with Gasteiger partial charge in [0.05, 0.1) is 5.30 Å². The summed E-state index contributed by atoms with van der Waals surface area (Å²) in [5.41, 5.74) is 1.79. The molecule has 0 aromatic heterocycles. The Hall–Kier alpha value is -1.16. The molecule has 0 bridgehead atoms. The van der Waals surface area contributed by atoms with E-state index in [1.165, 1.54) is 14.0 Å². The van der Waals surface area contributed by atoms with Crippen LogP contribution in [0.1, 0.15) is 12.5 Å². The lowest BCUT2D eigenvalue weighted by Gasteiger charge is -2.16. The van der Waals surface area contributed by atoms with E-state index in [1.54, 1.807) is 23.1 Å². The molecule has 2 N–H and O–H groups in total. The number of rotatable bonds is 2. The van der Waals surface area contributed by atoms with Gasteiger partial charge in [0.25, 0.3) is 7.52 Å². The quantitative estimate of drug-likeness (QED) is 0.759. The van der Waals surface area contributed by atoms with Gasteiger partial charge < -0.3 is 9.79 Å². The van der Waals surface area contributed by atoms with Crippen molar-refractivity contribution < 1.29 is 14.3 Å². The molecule has 0 spiro atoms. The Kier molecular flexibility index (Phi) is 3.08. The van der Waals surface area contributed by atoms with Crippen molar-refractivity contribution in [1.82, 2.24) is 5.09 Å². The molecule has 1 aliphatic rings. The maximum absolute atomic E-state index is 11.8. The lowest BCUT2D eigenvalue weighted by atomic mass is 10.2. The third kappa shape index (κ3) is 2.14. The van der Waals surface area contributed by atoms with Gasteiger partial charge in [-0.2, -0.15) is 0 Å². The van der Waals surface area contributed by atoms with Gasteiger partial charge in [-0.05, 0) is 37.2 Å². The van der Waals surface area contributed by atoms with Gasteiger partial charge in [-0.1, -0.05) is 0 Å². The number of hydrogen-bond acceptors (Lipinski definition) is 2. The highest BCUT2D eigenvalue weighted by molar-refractivity contribution is 7.64. The maximum atomic E-state index is 11.8. The van der Waals surface area contributed by atoms with Crippen LogP contribution in [-0.2, 0) is 15.8 Å². The van der Waals surface area contributed by atoms with E-state index in [0.29, 0.717) is 11.8 Å². The summed E-state index contributed by atoms with van der Waals surface area (Å²) in [6.07, 6.45) is 0.729. The van der Waals surface area contributed by atoms with Gasteiger partial charge in [0.1, 0.15) is 0 Å². The Labute approximate surface area is 99.9 Å². The number of hydrogen-bond donors (Lipinski definition) is 2. The number of carbonyl (C=O) groups excluding carboxylic acids is 1. The van der Waals surface area contributed by atoms with E-state index in [2.05, 4.69) is 5.09 Å². The molecule has 0 saturated heterocycles. The zero-order chi connectivity index (χ0) is 12.6. The van der Waals surface area contributed by atoms with Crippen LogP contribution in [0, 0.1) is 0 Å². The van der Waals surface area contributed by atoms with Gasteiger partial charge in [-0.3, -0.25) is 9.36 Å². The van der Waals surface area contributed by atoms with E-state index >= 15 is 0 Å². The third-order valence-corrected chi connectivity index (χ3v) is 4.58. The van der Waals surface area contributed by atoms with Crippen LogP contribution in [0.3, 0.4) is 0 Å². The number of amides is 1. The minimum Gasteiger partial charge on any atom is -0.330 e. The SMILES string of the molecule is CNP(=O)(O)c1ccc2c(c1)CCN2C(C)=O. The molecule has 0 aliphatic carbocycles. The highest BCUT2D eigenvalue weighted by Crippen LogP contribution is 2.36. The molecule has 5 nitrogen and oxygen atoms in total. The van der Waals surface area contributed by atoms with Gasteiger partial charge in [-0.25, -0.2) is 5.09 Å². The van der Waals surface area contributed by atoms with E-state index in [9.17, 15) is 14.3 Å². The summed E-state index contributed by atoms with van der Waals surface area (Å²) in [7, 11) is -2.00. The summed E-state index contributed by atoms with van der Waals surface area (Å²) in [5.74, 6) is -0.00250. The van der Waals surface area contributed by atoms with E-state index in [1.807, 2.05) is 0 Å². The van der Waals surface area contributed by atoms with Crippen molar-refractivity contribution in [3.8, 4) is 0 Å².